The molecule has 0 fully saturated rings. The van der Waals surface area contributed by atoms with Gasteiger partial charge in [0.1, 0.15) is 0 Å². The molecule has 1 aliphatic carbocycles. The van der Waals surface area contributed by atoms with Crippen molar-refractivity contribution in [3.05, 3.63) is 33.3 Å². The summed E-state index contributed by atoms with van der Waals surface area (Å²) in [6.07, 6.45) is 4.45. The molecule has 0 radical (unpaired) electrons. The zero-order chi connectivity index (χ0) is 10.1. The molecule has 0 aliphatic heterocycles. The third-order valence-corrected chi connectivity index (χ3v) is 3.37. The molecule has 1 aromatic rings. The smallest absolute Gasteiger partial charge is 0.335 e. The van der Waals surface area contributed by atoms with Gasteiger partial charge in [0, 0.05) is 4.47 Å². The summed E-state index contributed by atoms with van der Waals surface area (Å²) < 4.78 is 0.951. The van der Waals surface area contributed by atoms with Gasteiger partial charge in [-0.25, -0.2) is 4.79 Å². The molecule has 2 nitrogen and oxygen atoms in total. The van der Waals surface area contributed by atoms with Crippen LogP contribution in [0.4, 0.5) is 0 Å². The molecule has 0 spiro atoms. The maximum atomic E-state index is 10.8. The van der Waals surface area contributed by atoms with Crippen LogP contribution in [0.1, 0.15) is 34.3 Å². The Bertz CT molecular complexity index is 385. The van der Waals surface area contributed by atoms with Gasteiger partial charge in [-0.05, 0) is 48.9 Å². The van der Waals surface area contributed by atoms with Gasteiger partial charge in [0.2, 0.25) is 0 Å². The lowest BCUT2D eigenvalue weighted by atomic mass is 9.90. The summed E-state index contributed by atoms with van der Waals surface area (Å²) in [7, 11) is 0. The van der Waals surface area contributed by atoms with E-state index in [0.29, 0.717) is 5.56 Å². The largest absolute Gasteiger partial charge is 0.478 e. The number of halogens is 1. The van der Waals surface area contributed by atoms with Crippen molar-refractivity contribution >= 4 is 21.9 Å². The maximum absolute atomic E-state index is 10.8. The molecule has 1 aromatic carbocycles. The summed E-state index contributed by atoms with van der Waals surface area (Å²) in [5.41, 5.74) is 2.88. The van der Waals surface area contributed by atoms with Gasteiger partial charge in [-0.3, -0.25) is 0 Å². The molecule has 3 heteroatoms. The van der Waals surface area contributed by atoms with E-state index in [4.69, 9.17) is 5.11 Å². The van der Waals surface area contributed by atoms with Gasteiger partial charge in [0.05, 0.1) is 5.56 Å². The van der Waals surface area contributed by atoms with Crippen molar-refractivity contribution in [2.24, 2.45) is 0 Å². The van der Waals surface area contributed by atoms with Gasteiger partial charge in [-0.1, -0.05) is 15.9 Å². The van der Waals surface area contributed by atoms with Crippen molar-refractivity contribution < 1.29 is 9.90 Å². The fourth-order valence-corrected chi connectivity index (χ4v) is 2.64. The summed E-state index contributed by atoms with van der Waals surface area (Å²) in [5.74, 6) is -0.848. The highest BCUT2D eigenvalue weighted by molar-refractivity contribution is 9.10. The average molecular weight is 255 g/mol. The SMILES string of the molecule is O=C(O)c1cc(Br)c2c(c1)CCCC2. The van der Waals surface area contributed by atoms with E-state index in [0.717, 1.165) is 17.3 Å². The molecule has 1 N–H and O–H groups in total. The number of aryl methyl sites for hydroxylation is 1. The minimum Gasteiger partial charge on any atom is -0.478 e. The first-order valence-corrected chi connectivity index (χ1v) is 5.52. The monoisotopic (exact) mass is 254 g/mol. The number of rotatable bonds is 1. The molecule has 0 atom stereocenters. The lowest BCUT2D eigenvalue weighted by Crippen LogP contribution is -2.06. The van der Waals surface area contributed by atoms with Crippen molar-refractivity contribution in [2.75, 3.05) is 0 Å². The second kappa shape index (κ2) is 3.73. The number of hydrogen-bond donors (Lipinski definition) is 1. The van der Waals surface area contributed by atoms with Crippen LogP contribution in [0.5, 0.6) is 0 Å². The van der Waals surface area contributed by atoms with Gasteiger partial charge >= 0.3 is 5.97 Å². The lowest BCUT2D eigenvalue weighted by molar-refractivity contribution is 0.0696. The van der Waals surface area contributed by atoms with E-state index in [1.54, 1.807) is 6.07 Å². The topological polar surface area (TPSA) is 37.3 Å². The highest BCUT2D eigenvalue weighted by atomic mass is 79.9. The Kier molecular flexibility index (Phi) is 2.59. The summed E-state index contributed by atoms with van der Waals surface area (Å²) in [6.45, 7) is 0. The first kappa shape index (κ1) is 9.71. The quantitative estimate of drug-likeness (QED) is 0.837. The molecule has 14 heavy (non-hydrogen) atoms. The van der Waals surface area contributed by atoms with E-state index in [2.05, 4.69) is 15.9 Å². The van der Waals surface area contributed by atoms with Crippen LogP contribution in [-0.4, -0.2) is 11.1 Å². The minimum absolute atomic E-state index is 0.387. The molecular formula is C11H11BrO2. The number of aromatic carboxylic acids is 1. The number of carboxylic acids is 1. The average Bonchev–Trinajstić information content (AvgIpc) is 2.17. The van der Waals surface area contributed by atoms with Crippen molar-refractivity contribution in [1.29, 1.82) is 0 Å². The highest BCUT2D eigenvalue weighted by Crippen LogP contribution is 2.29. The Balaban J connectivity index is 2.51. The molecule has 0 aromatic heterocycles. The van der Waals surface area contributed by atoms with Crippen molar-refractivity contribution in [2.45, 2.75) is 25.7 Å². The zero-order valence-electron chi connectivity index (χ0n) is 7.72. The molecule has 2 rings (SSSR count). The van der Waals surface area contributed by atoms with Crippen LogP contribution in [0.3, 0.4) is 0 Å². The Morgan fingerprint density at radius 2 is 2.00 bits per heavy atom. The number of benzene rings is 1. The van der Waals surface area contributed by atoms with E-state index < -0.39 is 5.97 Å². The molecular weight excluding hydrogens is 244 g/mol. The van der Waals surface area contributed by atoms with Crippen LogP contribution in [0, 0.1) is 0 Å². The molecule has 1 aliphatic rings. The number of fused-ring (bicyclic) bond motifs is 1. The fourth-order valence-electron chi connectivity index (χ4n) is 1.94. The van der Waals surface area contributed by atoms with Gasteiger partial charge < -0.3 is 5.11 Å². The van der Waals surface area contributed by atoms with Crippen LogP contribution < -0.4 is 0 Å². The summed E-state index contributed by atoms with van der Waals surface area (Å²) in [4.78, 5) is 10.8. The molecule has 0 heterocycles. The molecule has 0 saturated heterocycles. The molecule has 0 amide bonds. The normalized spacial score (nSPS) is 14.9. The van der Waals surface area contributed by atoms with Crippen LogP contribution in [-0.2, 0) is 12.8 Å². The summed E-state index contributed by atoms with van der Waals surface area (Å²) >= 11 is 3.44. The van der Waals surface area contributed by atoms with E-state index >= 15 is 0 Å². The number of carboxylic acid groups (broad SMARTS) is 1. The van der Waals surface area contributed by atoms with Crippen LogP contribution in [0.25, 0.3) is 0 Å². The van der Waals surface area contributed by atoms with E-state index in [1.165, 1.54) is 24.0 Å². The zero-order valence-corrected chi connectivity index (χ0v) is 9.30. The third-order valence-electron chi connectivity index (χ3n) is 2.66. The Morgan fingerprint density at radius 3 is 2.71 bits per heavy atom. The van der Waals surface area contributed by atoms with Crippen LogP contribution >= 0.6 is 15.9 Å². The van der Waals surface area contributed by atoms with Crippen molar-refractivity contribution in [3.8, 4) is 0 Å². The highest BCUT2D eigenvalue weighted by Gasteiger charge is 2.15. The van der Waals surface area contributed by atoms with Gasteiger partial charge in [0.15, 0.2) is 0 Å². The van der Waals surface area contributed by atoms with E-state index in [1.807, 2.05) is 6.07 Å². The summed E-state index contributed by atoms with van der Waals surface area (Å²) in [5, 5.41) is 8.89. The Hall–Kier alpha value is -0.830. The van der Waals surface area contributed by atoms with Crippen molar-refractivity contribution in [1.82, 2.24) is 0 Å². The predicted molar refractivity (Wildman–Crippen MR) is 57.7 cm³/mol. The first-order chi connectivity index (χ1) is 6.68. The molecule has 0 saturated carbocycles. The predicted octanol–water partition coefficient (Wildman–Crippen LogP) is 3.03. The molecule has 74 valence electrons. The fraction of sp³-hybridized carbons (Fsp3) is 0.364. The number of hydrogen-bond acceptors (Lipinski definition) is 1. The van der Waals surface area contributed by atoms with Crippen molar-refractivity contribution in [3.63, 3.8) is 0 Å². The summed E-state index contributed by atoms with van der Waals surface area (Å²) in [6, 6.07) is 3.51. The second-order valence-electron chi connectivity index (χ2n) is 3.61. The van der Waals surface area contributed by atoms with Crippen LogP contribution in [0.2, 0.25) is 0 Å². The maximum Gasteiger partial charge on any atom is 0.335 e. The van der Waals surface area contributed by atoms with Gasteiger partial charge in [-0.15, -0.1) is 0 Å². The van der Waals surface area contributed by atoms with E-state index in [9.17, 15) is 4.79 Å². The molecule has 0 bridgehead atoms. The molecule has 0 unspecified atom stereocenters. The van der Waals surface area contributed by atoms with E-state index in [-0.39, 0.29) is 0 Å². The Morgan fingerprint density at radius 1 is 1.29 bits per heavy atom. The van der Waals surface area contributed by atoms with Crippen LogP contribution in [0.15, 0.2) is 16.6 Å². The first-order valence-electron chi connectivity index (χ1n) is 4.73. The van der Waals surface area contributed by atoms with Gasteiger partial charge in [0.25, 0.3) is 0 Å². The standard InChI is InChI=1S/C11H11BrO2/c12-10-6-8(11(13)14)5-7-3-1-2-4-9(7)10/h5-6H,1-4H2,(H,13,14). The Labute approximate surface area is 91.1 Å². The number of carbonyl (C=O) groups is 1. The van der Waals surface area contributed by atoms with Gasteiger partial charge in [-0.2, -0.15) is 0 Å². The minimum atomic E-state index is -0.848. The third kappa shape index (κ3) is 1.69. The lowest BCUT2D eigenvalue weighted by Gasteiger charge is -2.17. The second-order valence-corrected chi connectivity index (χ2v) is 4.46.